The summed E-state index contributed by atoms with van der Waals surface area (Å²) in [5.74, 6) is -1.06. The normalized spacial score (nSPS) is 15.6. The minimum absolute atomic E-state index is 0.564. The molecule has 1 radical (unpaired) electrons. The summed E-state index contributed by atoms with van der Waals surface area (Å²) >= 11 is 6.41. The highest BCUT2D eigenvalue weighted by Crippen LogP contribution is 2.40. The van der Waals surface area contributed by atoms with Crippen LogP contribution in [0.25, 0.3) is 22.3 Å². The molecule has 4 heteroatoms. The van der Waals surface area contributed by atoms with Crippen molar-refractivity contribution >= 4 is 19.2 Å². The van der Waals surface area contributed by atoms with E-state index in [2.05, 4.69) is 43.3 Å². The SMILES string of the molecule is CCc1cc(-c2ccccc2C2CC[Si](Cl)CC2)ccc1-c1ccc(F)c(F)c1. The number of halogens is 3. The summed E-state index contributed by atoms with van der Waals surface area (Å²) in [6, 6.07) is 21.5. The lowest BCUT2D eigenvalue weighted by molar-refractivity contribution is 0.509. The van der Waals surface area contributed by atoms with E-state index in [1.165, 1.54) is 53.8 Å². The highest BCUT2D eigenvalue weighted by molar-refractivity contribution is 7.07. The third kappa shape index (κ3) is 4.31. The summed E-state index contributed by atoms with van der Waals surface area (Å²) in [6.45, 7) is 2.10. The molecular formula is C25H24ClF2Si. The Balaban J connectivity index is 1.73. The average Bonchev–Trinajstić information content (AvgIpc) is 2.76. The Labute approximate surface area is 177 Å². The Hall–Kier alpha value is -1.97. The van der Waals surface area contributed by atoms with Crippen LogP contribution in [0.1, 0.15) is 36.8 Å². The quantitative estimate of drug-likeness (QED) is 0.293. The maximum absolute atomic E-state index is 13.7. The van der Waals surface area contributed by atoms with Crippen LogP contribution < -0.4 is 0 Å². The zero-order valence-corrected chi connectivity index (χ0v) is 18.3. The van der Waals surface area contributed by atoms with Gasteiger partial charge in [-0.25, -0.2) is 8.78 Å². The molecule has 0 atom stereocenters. The molecule has 1 aliphatic rings. The van der Waals surface area contributed by atoms with E-state index in [-0.39, 0.29) is 0 Å². The molecule has 0 unspecified atom stereocenters. The molecule has 1 aliphatic heterocycles. The van der Waals surface area contributed by atoms with Crippen LogP contribution in [0.15, 0.2) is 60.7 Å². The Morgan fingerprint density at radius 3 is 2.28 bits per heavy atom. The van der Waals surface area contributed by atoms with E-state index < -0.39 is 19.7 Å². The summed E-state index contributed by atoms with van der Waals surface area (Å²) in [6.07, 6.45) is 3.16. The van der Waals surface area contributed by atoms with E-state index >= 15 is 0 Å². The van der Waals surface area contributed by atoms with E-state index in [0.29, 0.717) is 11.5 Å². The number of benzene rings is 3. The maximum atomic E-state index is 13.7. The van der Waals surface area contributed by atoms with Crippen molar-refractivity contribution in [2.75, 3.05) is 0 Å². The van der Waals surface area contributed by atoms with Gasteiger partial charge in [-0.05, 0) is 82.8 Å². The van der Waals surface area contributed by atoms with Gasteiger partial charge >= 0.3 is 0 Å². The molecule has 0 nitrogen and oxygen atoms in total. The Kier molecular flexibility index (Phi) is 6.17. The third-order valence-electron chi connectivity index (χ3n) is 5.96. The van der Waals surface area contributed by atoms with Gasteiger partial charge in [0.25, 0.3) is 0 Å². The largest absolute Gasteiger partial charge is 0.204 e. The van der Waals surface area contributed by atoms with Crippen molar-refractivity contribution in [3.63, 3.8) is 0 Å². The van der Waals surface area contributed by atoms with Gasteiger partial charge in [0.05, 0.1) is 0 Å². The molecule has 4 rings (SSSR count). The van der Waals surface area contributed by atoms with Crippen LogP contribution >= 0.6 is 11.1 Å². The van der Waals surface area contributed by atoms with Crippen molar-refractivity contribution in [1.82, 2.24) is 0 Å². The van der Waals surface area contributed by atoms with E-state index in [1.807, 2.05) is 6.07 Å². The second-order valence-corrected chi connectivity index (χ2v) is 11.4. The fourth-order valence-electron chi connectivity index (χ4n) is 4.36. The molecule has 0 aromatic heterocycles. The van der Waals surface area contributed by atoms with Crippen molar-refractivity contribution in [1.29, 1.82) is 0 Å². The van der Waals surface area contributed by atoms with Crippen molar-refractivity contribution in [2.45, 2.75) is 44.2 Å². The van der Waals surface area contributed by atoms with Crippen molar-refractivity contribution in [3.05, 3.63) is 83.4 Å². The molecule has 0 spiro atoms. The molecule has 1 saturated heterocycles. The number of hydrogen-bond acceptors (Lipinski definition) is 0. The van der Waals surface area contributed by atoms with Gasteiger partial charge in [-0.1, -0.05) is 55.5 Å². The highest BCUT2D eigenvalue weighted by Gasteiger charge is 2.24. The predicted octanol–water partition coefficient (Wildman–Crippen LogP) is 7.97. The van der Waals surface area contributed by atoms with Crippen LogP contribution in [0.3, 0.4) is 0 Å². The molecule has 29 heavy (non-hydrogen) atoms. The Morgan fingerprint density at radius 1 is 0.862 bits per heavy atom. The average molecular weight is 426 g/mol. The summed E-state index contributed by atoms with van der Waals surface area (Å²) in [7, 11) is -0.647. The van der Waals surface area contributed by atoms with E-state index in [4.69, 9.17) is 11.1 Å². The maximum Gasteiger partial charge on any atom is 0.165 e. The molecule has 3 aromatic carbocycles. The van der Waals surface area contributed by atoms with Gasteiger partial charge in [0.15, 0.2) is 19.7 Å². The van der Waals surface area contributed by atoms with Gasteiger partial charge in [-0.15, -0.1) is 0 Å². The van der Waals surface area contributed by atoms with Gasteiger partial charge < -0.3 is 0 Å². The first-order chi connectivity index (χ1) is 14.1. The molecule has 0 N–H and O–H groups in total. The molecule has 1 heterocycles. The minimum Gasteiger partial charge on any atom is -0.204 e. The first-order valence-electron chi connectivity index (χ1n) is 10.2. The van der Waals surface area contributed by atoms with Crippen molar-refractivity contribution in [3.8, 4) is 22.3 Å². The van der Waals surface area contributed by atoms with Gasteiger partial charge in [-0.2, -0.15) is 11.1 Å². The predicted molar refractivity (Wildman–Crippen MR) is 120 cm³/mol. The minimum atomic E-state index is -0.814. The van der Waals surface area contributed by atoms with Crippen molar-refractivity contribution < 1.29 is 8.78 Å². The molecular weight excluding hydrogens is 402 g/mol. The van der Waals surface area contributed by atoms with Crippen LogP contribution in [0.4, 0.5) is 8.78 Å². The lowest BCUT2D eigenvalue weighted by Gasteiger charge is -2.26. The van der Waals surface area contributed by atoms with Crippen LogP contribution in [0, 0.1) is 11.6 Å². The molecule has 149 valence electrons. The van der Waals surface area contributed by atoms with Gasteiger partial charge in [0.2, 0.25) is 0 Å². The summed E-state index contributed by atoms with van der Waals surface area (Å²) in [5, 5.41) is 0. The number of rotatable bonds is 4. The first kappa shape index (κ1) is 20.3. The van der Waals surface area contributed by atoms with Gasteiger partial charge in [-0.3, -0.25) is 0 Å². The van der Waals surface area contributed by atoms with Crippen LogP contribution in [0.5, 0.6) is 0 Å². The third-order valence-corrected chi connectivity index (χ3v) is 8.75. The number of aryl methyl sites for hydroxylation is 1. The van der Waals surface area contributed by atoms with Crippen LogP contribution in [0.2, 0.25) is 12.1 Å². The van der Waals surface area contributed by atoms with Crippen molar-refractivity contribution in [2.24, 2.45) is 0 Å². The topological polar surface area (TPSA) is 0 Å². The summed E-state index contributed by atoms with van der Waals surface area (Å²) in [4.78, 5) is 0. The smallest absolute Gasteiger partial charge is 0.165 e. The summed E-state index contributed by atoms with van der Waals surface area (Å²) < 4.78 is 27.1. The highest BCUT2D eigenvalue weighted by atomic mass is 35.6. The Morgan fingerprint density at radius 2 is 1.55 bits per heavy atom. The van der Waals surface area contributed by atoms with E-state index in [9.17, 15) is 8.78 Å². The monoisotopic (exact) mass is 425 g/mol. The fourth-order valence-corrected chi connectivity index (χ4v) is 6.59. The number of hydrogen-bond donors (Lipinski definition) is 0. The zero-order chi connectivity index (χ0) is 20.4. The van der Waals surface area contributed by atoms with E-state index in [1.54, 1.807) is 6.07 Å². The Bertz CT molecular complexity index is 1010. The second kappa shape index (κ2) is 8.81. The van der Waals surface area contributed by atoms with E-state index in [0.717, 1.165) is 17.5 Å². The lowest BCUT2D eigenvalue weighted by atomic mass is 9.85. The van der Waals surface area contributed by atoms with Crippen LogP contribution in [-0.2, 0) is 6.42 Å². The fraction of sp³-hybridized carbons (Fsp3) is 0.280. The molecule has 0 bridgehead atoms. The molecule has 1 fully saturated rings. The molecule has 3 aromatic rings. The zero-order valence-electron chi connectivity index (χ0n) is 16.5. The second-order valence-electron chi connectivity index (χ2n) is 7.73. The summed E-state index contributed by atoms with van der Waals surface area (Å²) in [5.41, 5.74) is 6.67. The first-order valence-corrected chi connectivity index (χ1v) is 13.2. The van der Waals surface area contributed by atoms with Gasteiger partial charge in [0, 0.05) is 0 Å². The standard InChI is InChI=1S/C25H24ClF2Si/c1-2-17-15-19(7-9-21(17)20-8-10-24(27)25(28)16-20)23-6-4-3-5-22(23)18-11-13-29(26)14-12-18/h3-10,15-16,18H,2,11-14H2,1H3. The van der Waals surface area contributed by atoms with Gasteiger partial charge in [0.1, 0.15) is 0 Å². The molecule has 0 aliphatic carbocycles. The van der Waals surface area contributed by atoms with Crippen LogP contribution in [-0.4, -0.2) is 8.11 Å². The molecule has 0 amide bonds. The molecule has 0 saturated carbocycles. The lowest BCUT2D eigenvalue weighted by Crippen LogP contribution is -2.15.